The van der Waals surface area contributed by atoms with E-state index in [9.17, 15) is 9.59 Å². The van der Waals surface area contributed by atoms with E-state index >= 15 is 0 Å². The molecule has 0 saturated heterocycles. The van der Waals surface area contributed by atoms with E-state index in [1.165, 1.54) is 4.90 Å². The molecule has 0 radical (unpaired) electrons. The summed E-state index contributed by atoms with van der Waals surface area (Å²) < 4.78 is 0. The molecule has 0 aliphatic heterocycles. The lowest BCUT2D eigenvalue weighted by Gasteiger charge is -2.34. The van der Waals surface area contributed by atoms with Crippen LogP contribution in [-0.2, 0) is 9.59 Å². The van der Waals surface area contributed by atoms with Gasteiger partial charge in [-0.1, -0.05) is 27.7 Å². The van der Waals surface area contributed by atoms with Crippen LogP contribution in [0.1, 0.15) is 47.5 Å². The highest BCUT2D eigenvalue weighted by atomic mass is 16.4. The number of aliphatic carboxylic acids is 1. The summed E-state index contributed by atoms with van der Waals surface area (Å²) in [7, 11) is 0. The van der Waals surface area contributed by atoms with Crippen molar-refractivity contribution < 1.29 is 14.7 Å². The Kier molecular flexibility index (Phi) is 5.48. The average molecular weight is 229 g/mol. The molecule has 1 atom stereocenters. The first kappa shape index (κ1) is 14.9. The largest absolute Gasteiger partial charge is 0.480 e. The smallest absolute Gasteiger partial charge is 0.323 e. The van der Waals surface area contributed by atoms with Gasteiger partial charge in [-0.15, -0.1) is 0 Å². The third kappa shape index (κ3) is 3.83. The highest BCUT2D eigenvalue weighted by molar-refractivity contribution is 5.85. The normalized spacial score (nSPS) is 13.3. The third-order valence-corrected chi connectivity index (χ3v) is 3.15. The molecular weight excluding hydrogens is 206 g/mol. The number of carbonyl (C=O) groups excluding carboxylic acids is 1. The zero-order chi connectivity index (χ0) is 12.9. The van der Waals surface area contributed by atoms with E-state index in [4.69, 9.17) is 5.11 Å². The Labute approximate surface area is 97.6 Å². The summed E-state index contributed by atoms with van der Waals surface area (Å²) in [5, 5.41) is 8.82. The molecular formula is C12H23NO3. The van der Waals surface area contributed by atoms with Crippen molar-refractivity contribution in [3.05, 3.63) is 0 Å². The topological polar surface area (TPSA) is 57.6 Å². The summed E-state index contributed by atoms with van der Waals surface area (Å²) in [5.41, 5.74) is -0.487. The zero-order valence-electron chi connectivity index (χ0n) is 10.9. The van der Waals surface area contributed by atoms with E-state index in [2.05, 4.69) is 0 Å². The molecule has 1 unspecified atom stereocenters. The summed E-state index contributed by atoms with van der Waals surface area (Å²) in [4.78, 5) is 24.4. The predicted octanol–water partition coefficient (Wildman–Crippen LogP) is 2.13. The second-order valence-electron chi connectivity index (χ2n) is 4.82. The first-order valence-corrected chi connectivity index (χ1v) is 5.79. The Morgan fingerprint density at radius 3 is 2.12 bits per heavy atom. The van der Waals surface area contributed by atoms with Gasteiger partial charge in [-0.2, -0.15) is 0 Å². The lowest BCUT2D eigenvalue weighted by molar-refractivity contribution is -0.151. The highest BCUT2D eigenvalue weighted by Gasteiger charge is 2.33. The maximum atomic E-state index is 12.2. The Morgan fingerprint density at radius 1 is 1.31 bits per heavy atom. The Morgan fingerprint density at radius 2 is 1.81 bits per heavy atom. The highest BCUT2D eigenvalue weighted by Crippen LogP contribution is 2.24. The first-order chi connectivity index (χ1) is 7.26. The van der Waals surface area contributed by atoms with Crippen LogP contribution in [0, 0.1) is 5.41 Å². The van der Waals surface area contributed by atoms with Crippen molar-refractivity contribution in [2.75, 3.05) is 6.54 Å². The van der Waals surface area contributed by atoms with Gasteiger partial charge >= 0.3 is 5.97 Å². The molecule has 0 aliphatic carbocycles. The molecule has 1 N–H and O–H groups in total. The van der Waals surface area contributed by atoms with Gasteiger partial charge in [-0.3, -0.25) is 9.59 Å². The molecule has 16 heavy (non-hydrogen) atoms. The number of rotatable bonds is 6. The molecule has 0 rings (SSSR count). The van der Waals surface area contributed by atoms with Crippen LogP contribution in [0.15, 0.2) is 0 Å². The van der Waals surface area contributed by atoms with Gasteiger partial charge in [0, 0.05) is 11.5 Å². The molecule has 0 spiro atoms. The van der Waals surface area contributed by atoms with E-state index in [1.54, 1.807) is 0 Å². The minimum absolute atomic E-state index is 0.0329. The number of carboxylic acids is 1. The molecule has 94 valence electrons. The van der Waals surface area contributed by atoms with Crippen molar-refractivity contribution in [3.63, 3.8) is 0 Å². The van der Waals surface area contributed by atoms with Crippen LogP contribution in [-0.4, -0.2) is 34.5 Å². The van der Waals surface area contributed by atoms with Crippen LogP contribution in [0.3, 0.4) is 0 Å². The van der Waals surface area contributed by atoms with Crippen molar-refractivity contribution in [2.24, 2.45) is 5.41 Å². The molecule has 1 amide bonds. The predicted molar refractivity (Wildman–Crippen MR) is 63.2 cm³/mol. The van der Waals surface area contributed by atoms with Crippen molar-refractivity contribution in [1.29, 1.82) is 0 Å². The summed E-state index contributed by atoms with van der Waals surface area (Å²) in [6, 6.07) is -0.0329. The quantitative estimate of drug-likeness (QED) is 0.759. The number of hydrogen-bond donors (Lipinski definition) is 1. The summed E-state index contributed by atoms with van der Waals surface area (Å²) >= 11 is 0. The monoisotopic (exact) mass is 229 g/mol. The van der Waals surface area contributed by atoms with E-state index in [0.29, 0.717) is 6.42 Å². The Hall–Kier alpha value is -1.06. The minimum atomic E-state index is -0.958. The van der Waals surface area contributed by atoms with Gasteiger partial charge in [0.2, 0.25) is 5.91 Å². The maximum absolute atomic E-state index is 12.2. The van der Waals surface area contributed by atoms with Crippen LogP contribution in [0.4, 0.5) is 0 Å². The fourth-order valence-corrected chi connectivity index (χ4v) is 1.33. The lowest BCUT2D eigenvalue weighted by Crippen LogP contribution is -2.47. The third-order valence-electron chi connectivity index (χ3n) is 3.15. The maximum Gasteiger partial charge on any atom is 0.323 e. The average Bonchev–Trinajstić information content (AvgIpc) is 2.23. The number of nitrogens with zero attached hydrogens (tertiary/aromatic N) is 1. The van der Waals surface area contributed by atoms with Crippen LogP contribution < -0.4 is 0 Å². The Balaban J connectivity index is 4.89. The van der Waals surface area contributed by atoms with Gasteiger partial charge in [0.15, 0.2) is 0 Å². The van der Waals surface area contributed by atoms with E-state index in [-0.39, 0.29) is 18.5 Å². The lowest BCUT2D eigenvalue weighted by atomic mass is 9.88. The van der Waals surface area contributed by atoms with Gasteiger partial charge < -0.3 is 10.0 Å². The Bertz CT molecular complexity index is 261. The zero-order valence-corrected chi connectivity index (χ0v) is 10.9. The molecule has 0 fully saturated rings. The fraction of sp³-hybridized carbons (Fsp3) is 0.833. The summed E-state index contributed by atoms with van der Waals surface area (Å²) in [5.74, 6) is -1.03. The van der Waals surface area contributed by atoms with Crippen LogP contribution in [0.5, 0.6) is 0 Å². The molecule has 4 heteroatoms. The van der Waals surface area contributed by atoms with Gasteiger partial charge in [0.1, 0.15) is 6.54 Å². The van der Waals surface area contributed by atoms with Crippen LogP contribution in [0.2, 0.25) is 0 Å². The van der Waals surface area contributed by atoms with Crippen LogP contribution in [0.25, 0.3) is 0 Å². The standard InChI is InChI=1S/C12H23NO3/c1-6-9(3)13(8-10(14)15)11(16)12(4,5)7-2/h9H,6-8H2,1-5H3,(H,14,15). The summed E-state index contributed by atoms with van der Waals surface area (Å²) in [6.45, 7) is 9.27. The van der Waals surface area contributed by atoms with Crippen molar-refractivity contribution in [3.8, 4) is 0 Å². The second kappa shape index (κ2) is 5.87. The van der Waals surface area contributed by atoms with Crippen molar-refractivity contribution in [1.82, 2.24) is 4.90 Å². The minimum Gasteiger partial charge on any atom is -0.480 e. The molecule has 0 aromatic carbocycles. The van der Waals surface area contributed by atoms with E-state index in [1.807, 2.05) is 34.6 Å². The van der Waals surface area contributed by atoms with Gasteiger partial charge in [0.05, 0.1) is 0 Å². The first-order valence-electron chi connectivity index (χ1n) is 5.79. The molecule has 0 bridgehead atoms. The van der Waals surface area contributed by atoms with E-state index < -0.39 is 11.4 Å². The molecule has 0 heterocycles. The molecule has 0 aliphatic rings. The number of carboxylic acid groups (broad SMARTS) is 1. The molecule has 0 saturated carbocycles. The summed E-state index contributed by atoms with van der Waals surface area (Å²) in [6.07, 6.45) is 1.47. The molecule has 4 nitrogen and oxygen atoms in total. The van der Waals surface area contributed by atoms with Crippen molar-refractivity contribution in [2.45, 2.75) is 53.5 Å². The number of amides is 1. The number of carbonyl (C=O) groups is 2. The fourth-order valence-electron chi connectivity index (χ4n) is 1.33. The van der Waals surface area contributed by atoms with Gasteiger partial charge in [-0.25, -0.2) is 0 Å². The van der Waals surface area contributed by atoms with Crippen LogP contribution >= 0.6 is 0 Å². The van der Waals surface area contributed by atoms with Gasteiger partial charge in [-0.05, 0) is 19.8 Å². The number of hydrogen-bond acceptors (Lipinski definition) is 2. The molecule has 0 aromatic rings. The molecule has 0 aromatic heterocycles. The SMILES string of the molecule is CCC(C)N(CC(=O)O)C(=O)C(C)(C)CC. The van der Waals surface area contributed by atoms with Crippen molar-refractivity contribution >= 4 is 11.9 Å². The van der Waals surface area contributed by atoms with E-state index in [0.717, 1.165) is 6.42 Å². The van der Waals surface area contributed by atoms with Gasteiger partial charge in [0.25, 0.3) is 0 Å². The second-order valence-corrected chi connectivity index (χ2v) is 4.82.